The van der Waals surface area contributed by atoms with Crippen LogP contribution in [0, 0.1) is 0 Å². The van der Waals surface area contributed by atoms with Gasteiger partial charge in [0.05, 0.1) is 20.3 Å². The van der Waals surface area contributed by atoms with Crippen LogP contribution in [0.25, 0.3) is 6.08 Å². The molecule has 1 saturated carbocycles. The molecule has 2 aromatic carbocycles. The maximum Gasteiger partial charge on any atom is 0.185 e. The van der Waals surface area contributed by atoms with E-state index in [1.54, 1.807) is 44.6 Å². The first-order valence-corrected chi connectivity index (χ1v) is 7.91. The number of hydrogen-bond donors (Lipinski definition) is 0. The second-order valence-electron chi connectivity index (χ2n) is 5.65. The van der Waals surface area contributed by atoms with E-state index >= 15 is 0 Å². The summed E-state index contributed by atoms with van der Waals surface area (Å²) in [5, 5.41) is 0. The first-order chi connectivity index (χ1) is 11.7. The molecule has 0 radical (unpaired) electrons. The quantitative estimate of drug-likeness (QED) is 0.567. The Kier molecular flexibility index (Phi) is 4.85. The Labute approximate surface area is 141 Å². The smallest absolute Gasteiger partial charge is 0.185 e. The molecule has 24 heavy (non-hydrogen) atoms. The molecule has 0 bridgehead atoms. The average Bonchev–Trinajstić information content (AvgIpc) is 3.43. The van der Waals surface area contributed by atoms with Gasteiger partial charge in [-0.1, -0.05) is 12.1 Å². The maximum atomic E-state index is 12.4. The fraction of sp³-hybridized carbons (Fsp3) is 0.250. The van der Waals surface area contributed by atoms with Crippen LogP contribution >= 0.6 is 0 Å². The normalized spacial score (nSPS) is 13.8. The molecule has 0 heterocycles. The van der Waals surface area contributed by atoms with E-state index in [0.29, 0.717) is 23.2 Å². The fourth-order valence-corrected chi connectivity index (χ4v) is 2.32. The van der Waals surface area contributed by atoms with Crippen molar-refractivity contribution in [3.63, 3.8) is 0 Å². The third-order valence-corrected chi connectivity index (χ3v) is 3.80. The van der Waals surface area contributed by atoms with Gasteiger partial charge in [0.15, 0.2) is 5.78 Å². The van der Waals surface area contributed by atoms with E-state index < -0.39 is 0 Å². The van der Waals surface area contributed by atoms with Crippen molar-refractivity contribution in [2.75, 3.05) is 14.2 Å². The van der Waals surface area contributed by atoms with Crippen LogP contribution in [0.4, 0.5) is 0 Å². The molecule has 4 heteroatoms. The second kappa shape index (κ2) is 7.21. The lowest BCUT2D eigenvalue weighted by Gasteiger charge is -2.07. The average molecular weight is 324 g/mol. The van der Waals surface area contributed by atoms with Gasteiger partial charge in [-0.3, -0.25) is 4.79 Å². The van der Waals surface area contributed by atoms with Crippen molar-refractivity contribution < 1.29 is 19.0 Å². The van der Waals surface area contributed by atoms with Crippen LogP contribution in [-0.2, 0) is 0 Å². The van der Waals surface area contributed by atoms with E-state index in [4.69, 9.17) is 14.2 Å². The molecule has 1 aliphatic rings. The number of methoxy groups -OCH3 is 2. The summed E-state index contributed by atoms with van der Waals surface area (Å²) in [6.45, 7) is 0. The third kappa shape index (κ3) is 3.96. The Morgan fingerprint density at radius 1 is 1.04 bits per heavy atom. The van der Waals surface area contributed by atoms with Crippen LogP contribution in [0.3, 0.4) is 0 Å². The molecule has 1 fully saturated rings. The molecule has 0 unspecified atom stereocenters. The Hall–Kier alpha value is -2.75. The molecule has 0 N–H and O–H groups in total. The lowest BCUT2D eigenvalue weighted by Crippen LogP contribution is -1.99. The molecule has 1 aliphatic carbocycles. The van der Waals surface area contributed by atoms with E-state index in [-0.39, 0.29) is 5.78 Å². The van der Waals surface area contributed by atoms with Crippen LogP contribution < -0.4 is 14.2 Å². The van der Waals surface area contributed by atoms with Gasteiger partial charge in [-0.05, 0) is 49.3 Å². The van der Waals surface area contributed by atoms with E-state index in [1.165, 1.54) is 0 Å². The van der Waals surface area contributed by atoms with Gasteiger partial charge in [-0.25, -0.2) is 0 Å². The van der Waals surface area contributed by atoms with E-state index in [2.05, 4.69) is 0 Å². The summed E-state index contributed by atoms with van der Waals surface area (Å²) in [6.07, 6.45) is 5.79. The van der Waals surface area contributed by atoms with Crippen LogP contribution in [-0.4, -0.2) is 26.1 Å². The fourth-order valence-electron chi connectivity index (χ4n) is 2.32. The summed E-state index contributed by atoms with van der Waals surface area (Å²) < 4.78 is 16.2. The van der Waals surface area contributed by atoms with Crippen LogP contribution in [0.15, 0.2) is 48.5 Å². The van der Waals surface area contributed by atoms with E-state index in [0.717, 1.165) is 24.2 Å². The van der Waals surface area contributed by atoms with Gasteiger partial charge >= 0.3 is 0 Å². The second-order valence-corrected chi connectivity index (χ2v) is 5.65. The highest BCUT2D eigenvalue weighted by atomic mass is 16.5. The number of allylic oxidation sites excluding steroid dienone is 1. The number of benzene rings is 2. The lowest BCUT2D eigenvalue weighted by atomic mass is 10.1. The molecule has 3 rings (SSSR count). The standard InChI is InChI=1S/C20H20O4/c1-22-17-8-6-14(20(13-17)23-2)7-11-19(21)15-4-3-5-18(12-15)24-16-9-10-16/h3-8,11-13,16H,9-10H2,1-2H3/b11-7+. The van der Waals surface area contributed by atoms with Crippen molar-refractivity contribution in [3.05, 3.63) is 59.7 Å². The molecule has 124 valence electrons. The predicted molar refractivity (Wildman–Crippen MR) is 93.0 cm³/mol. The number of carbonyl (C=O) groups is 1. The Morgan fingerprint density at radius 3 is 2.58 bits per heavy atom. The zero-order valence-corrected chi connectivity index (χ0v) is 13.8. The minimum atomic E-state index is -0.0749. The Morgan fingerprint density at radius 2 is 1.88 bits per heavy atom. The highest BCUT2D eigenvalue weighted by Crippen LogP contribution is 2.28. The minimum absolute atomic E-state index is 0.0749. The van der Waals surface area contributed by atoms with Crippen molar-refractivity contribution >= 4 is 11.9 Å². The SMILES string of the molecule is COc1ccc(/C=C/C(=O)c2cccc(OC3CC3)c2)c(OC)c1. The number of rotatable bonds is 7. The van der Waals surface area contributed by atoms with Crippen molar-refractivity contribution in [1.82, 2.24) is 0 Å². The highest BCUT2D eigenvalue weighted by molar-refractivity contribution is 6.07. The molecule has 0 aliphatic heterocycles. The van der Waals surface area contributed by atoms with Gasteiger partial charge in [0.25, 0.3) is 0 Å². The van der Waals surface area contributed by atoms with Gasteiger partial charge in [0, 0.05) is 17.2 Å². The maximum absolute atomic E-state index is 12.4. The van der Waals surface area contributed by atoms with Gasteiger partial charge in [-0.2, -0.15) is 0 Å². The van der Waals surface area contributed by atoms with Crippen LogP contribution in [0.1, 0.15) is 28.8 Å². The van der Waals surface area contributed by atoms with Crippen LogP contribution in [0.2, 0.25) is 0 Å². The van der Waals surface area contributed by atoms with Gasteiger partial charge in [-0.15, -0.1) is 0 Å². The zero-order valence-electron chi connectivity index (χ0n) is 13.8. The topological polar surface area (TPSA) is 44.8 Å². The first kappa shape index (κ1) is 16.1. The minimum Gasteiger partial charge on any atom is -0.497 e. The summed E-state index contributed by atoms with van der Waals surface area (Å²) in [7, 11) is 3.19. The zero-order chi connectivity index (χ0) is 16.9. The van der Waals surface area contributed by atoms with Crippen molar-refractivity contribution in [1.29, 1.82) is 0 Å². The highest BCUT2D eigenvalue weighted by Gasteiger charge is 2.23. The molecule has 2 aromatic rings. The summed E-state index contributed by atoms with van der Waals surface area (Å²) in [5.41, 5.74) is 1.42. The van der Waals surface area contributed by atoms with Gasteiger partial charge in [0.2, 0.25) is 0 Å². The molecular formula is C20H20O4. The van der Waals surface area contributed by atoms with Gasteiger partial charge in [0.1, 0.15) is 17.2 Å². The number of hydrogen-bond acceptors (Lipinski definition) is 4. The number of ether oxygens (including phenoxy) is 3. The molecule has 0 saturated heterocycles. The third-order valence-electron chi connectivity index (χ3n) is 3.80. The summed E-state index contributed by atoms with van der Waals surface area (Å²) in [6, 6.07) is 12.8. The first-order valence-electron chi connectivity index (χ1n) is 7.91. The predicted octanol–water partition coefficient (Wildman–Crippen LogP) is 4.14. The molecule has 0 spiro atoms. The van der Waals surface area contributed by atoms with Crippen LogP contribution in [0.5, 0.6) is 17.2 Å². The molecule has 0 atom stereocenters. The largest absolute Gasteiger partial charge is 0.497 e. The van der Waals surface area contributed by atoms with Crippen molar-refractivity contribution in [2.24, 2.45) is 0 Å². The summed E-state index contributed by atoms with van der Waals surface area (Å²) in [5.74, 6) is 2.04. The number of ketones is 1. The van der Waals surface area contributed by atoms with Crippen molar-refractivity contribution in [2.45, 2.75) is 18.9 Å². The molecular weight excluding hydrogens is 304 g/mol. The van der Waals surface area contributed by atoms with E-state index in [9.17, 15) is 4.79 Å². The molecule has 0 aromatic heterocycles. The monoisotopic (exact) mass is 324 g/mol. The summed E-state index contributed by atoms with van der Waals surface area (Å²) in [4.78, 5) is 12.4. The molecule has 0 amide bonds. The molecule has 4 nitrogen and oxygen atoms in total. The number of carbonyl (C=O) groups excluding carboxylic acids is 1. The Bertz CT molecular complexity index is 760. The van der Waals surface area contributed by atoms with Gasteiger partial charge < -0.3 is 14.2 Å². The van der Waals surface area contributed by atoms with E-state index in [1.807, 2.05) is 24.3 Å². The summed E-state index contributed by atoms with van der Waals surface area (Å²) >= 11 is 0. The van der Waals surface area contributed by atoms with Crippen molar-refractivity contribution in [3.8, 4) is 17.2 Å². The lowest BCUT2D eigenvalue weighted by molar-refractivity contribution is 0.104. The Balaban J connectivity index is 1.75.